The normalized spacial score (nSPS) is 17.4. The lowest BCUT2D eigenvalue weighted by Crippen LogP contribution is -2.44. The fourth-order valence-corrected chi connectivity index (χ4v) is 2.91. The minimum atomic E-state index is 0.0831. The monoisotopic (exact) mass is 289 g/mol. The third-order valence-corrected chi connectivity index (χ3v) is 4.30. The molecular formula is C17H27N3O. The number of amides is 1. The molecule has 1 aliphatic rings. The van der Waals surface area contributed by atoms with E-state index >= 15 is 0 Å². The van der Waals surface area contributed by atoms with E-state index in [0.29, 0.717) is 19.0 Å². The van der Waals surface area contributed by atoms with Gasteiger partial charge >= 0.3 is 0 Å². The smallest absolute Gasteiger partial charge is 0.224 e. The van der Waals surface area contributed by atoms with E-state index in [1.807, 2.05) is 24.3 Å². The highest BCUT2D eigenvalue weighted by Crippen LogP contribution is 2.12. The van der Waals surface area contributed by atoms with Crippen molar-refractivity contribution in [1.29, 1.82) is 0 Å². The molecule has 0 bridgehead atoms. The summed E-state index contributed by atoms with van der Waals surface area (Å²) in [6.07, 6.45) is 4.32. The second-order valence-electron chi connectivity index (χ2n) is 5.90. The molecule has 0 saturated carbocycles. The van der Waals surface area contributed by atoms with Crippen LogP contribution in [0.5, 0.6) is 0 Å². The summed E-state index contributed by atoms with van der Waals surface area (Å²) in [4.78, 5) is 14.6. The summed E-state index contributed by atoms with van der Waals surface area (Å²) in [5, 5.41) is 3.06. The van der Waals surface area contributed by atoms with E-state index in [-0.39, 0.29) is 5.91 Å². The molecule has 1 heterocycles. The van der Waals surface area contributed by atoms with Gasteiger partial charge in [-0.25, -0.2) is 0 Å². The Balaban J connectivity index is 1.79. The van der Waals surface area contributed by atoms with Crippen LogP contribution in [0.1, 0.15) is 37.3 Å². The van der Waals surface area contributed by atoms with Gasteiger partial charge in [0.1, 0.15) is 0 Å². The van der Waals surface area contributed by atoms with Gasteiger partial charge in [0, 0.05) is 19.1 Å². The molecule has 4 nitrogen and oxygen atoms in total. The maximum atomic E-state index is 12.1. The number of piperidine rings is 1. The number of rotatable bonds is 6. The summed E-state index contributed by atoms with van der Waals surface area (Å²) < 4.78 is 0. The molecule has 1 saturated heterocycles. The molecule has 116 valence electrons. The molecule has 3 N–H and O–H groups in total. The third kappa shape index (κ3) is 4.83. The molecule has 0 aliphatic carbocycles. The third-order valence-electron chi connectivity index (χ3n) is 4.30. The molecule has 1 aliphatic heterocycles. The maximum absolute atomic E-state index is 12.1. The molecular weight excluding hydrogens is 262 g/mol. The summed E-state index contributed by atoms with van der Waals surface area (Å²) in [6, 6.07) is 8.30. The van der Waals surface area contributed by atoms with Crippen LogP contribution in [0.15, 0.2) is 24.3 Å². The van der Waals surface area contributed by atoms with Crippen molar-refractivity contribution >= 4 is 5.91 Å². The van der Waals surface area contributed by atoms with Crippen LogP contribution in [0.4, 0.5) is 0 Å². The predicted octanol–water partition coefficient (Wildman–Crippen LogP) is 1.68. The van der Waals surface area contributed by atoms with Crippen molar-refractivity contribution in [3.05, 3.63) is 35.4 Å². The Morgan fingerprint density at radius 2 is 1.90 bits per heavy atom. The van der Waals surface area contributed by atoms with Crippen LogP contribution < -0.4 is 11.1 Å². The number of hydrogen-bond acceptors (Lipinski definition) is 3. The molecule has 21 heavy (non-hydrogen) atoms. The number of nitrogens with zero attached hydrogens (tertiary/aromatic N) is 1. The Morgan fingerprint density at radius 3 is 2.57 bits per heavy atom. The van der Waals surface area contributed by atoms with E-state index in [4.69, 9.17) is 5.73 Å². The first kappa shape index (κ1) is 16.0. The number of carbonyl (C=O) groups is 1. The minimum Gasteiger partial charge on any atom is -0.354 e. The highest BCUT2D eigenvalue weighted by atomic mass is 16.1. The van der Waals surface area contributed by atoms with Crippen LogP contribution in [0, 0.1) is 0 Å². The highest BCUT2D eigenvalue weighted by Gasteiger charge is 2.17. The van der Waals surface area contributed by atoms with Crippen LogP contribution in [0.25, 0.3) is 0 Å². The van der Waals surface area contributed by atoms with Gasteiger partial charge in [-0.15, -0.1) is 0 Å². The molecule has 0 spiro atoms. The number of benzene rings is 1. The first-order valence-electron chi connectivity index (χ1n) is 7.98. The van der Waals surface area contributed by atoms with Gasteiger partial charge in [-0.1, -0.05) is 30.7 Å². The zero-order chi connectivity index (χ0) is 15.1. The van der Waals surface area contributed by atoms with Crippen LogP contribution in [-0.2, 0) is 17.8 Å². The topological polar surface area (TPSA) is 58.4 Å². The first-order chi connectivity index (χ1) is 10.2. The second kappa shape index (κ2) is 8.15. The van der Waals surface area contributed by atoms with Crippen molar-refractivity contribution in [2.24, 2.45) is 5.73 Å². The van der Waals surface area contributed by atoms with Gasteiger partial charge in [-0.3, -0.25) is 9.69 Å². The van der Waals surface area contributed by atoms with Crippen molar-refractivity contribution < 1.29 is 4.79 Å². The summed E-state index contributed by atoms with van der Waals surface area (Å²) in [7, 11) is 0. The number of hydrogen-bond donors (Lipinski definition) is 2. The Kier molecular flexibility index (Phi) is 6.21. The zero-order valence-corrected chi connectivity index (χ0v) is 13.0. The standard InChI is InChI=1S/C17H27N3O/c1-14(20-9-5-2-6-10-20)13-19-17(21)11-15-7-3-4-8-16(15)12-18/h3-4,7-8,14H,2,5-6,9-13,18H2,1H3,(H,19,21). The zero-order valence-electron chi connectivity index (χ0n) is 13.0. The first-order valence-corrected chi connectivity index (χ1v) is 7.98. The molecule has 1 amide bonds. The maximum Gasteiger partial charge on any atom is 0.224 e. The lowest BCUT2D eigenvalue weighted by molar-refractivity contribution is -0.120. The van der Waals surface area contributed by atoms with Gasteiger partial charge in [0.25, 0.3) is 0 Å². The molecule has 1 fully saturated rings. The Bertz CT molecular complexity index is 455. The van der Waals surface area contributed by atoms with Crippen molar-refractivity contribution in [2.45, 2.75) is 45.2 Å². The van der Waals surface area contributed by atoms with Gasteiger partial charge in [0.15, 0.2) is 0 Å². The quantitative estimate of drug-likeness (QED) is 0.837. The largest absolute Gasteiger partial charge is 0.354 e. The fourth-order valence-electron chi connectivity index (χ4n) is 2.91. The molecule has 2 rings (SSSR count). The van der Waals surface area contributed by atoms with Crippen molar-refractivity contribution in [3.8, 4) is 0 Å². The molecule has 1 aromatic rings. The molecule has 1 unspecified atom stereocenters. The molecule has 0 radical (unpaired) electrons. The summed E-state index contributed by atoms with van der Waals surface area (Å²) >= 11 is 0. The fraction of sp³-hybridized carbons (Fsp3) is 0.588. The van der Waals surface area contributed by atoms with Gasteiger partial charge in [-0.2, -0.15) is 0 Å². The summed E-state index contributed by atoms with van der Waals surface area (Å²) in [5.41, 5.74) is 7.79. The molecule has 1 atom stereocenters. The van der Waals surface area contributed by atoms with Gasteiger partial charge in [-0.05, 0) is 44.0 Å². The number of carbonyl (C=O) groups excluding carboxylic acids is 1. The lowest BCUT2D eigenvalue weighted by Gasteiger charge is -2.32. The van der Waals surface area contributed by atoms with Crippen LogP contribution >= 0.6 is 0 Å². The molecule has 4 heteroatoms. The molecule has 0 aromatic heterocycles. The minimum absolute atomic E-state index is 0.0831. The number of nitrogens with one attached hydrogen (secondary N) is 1. The highest BCUT2D eigenvalue weighted by molar-refractivity contribution is 5.78. The average Bonchev–Trinajstić information content (AvgIpc) is 2.54. The van der Waals surface area contributed by atoms with Crippen LogP contribution in [0.3, 0.4) is 0 Å². The van der Waals surface area contributed by atoms with Crippen LogP contribution in [-0.4, -0.2) is 36.5 Å². The van der Waals surface area contributed by atoms with Gasteiger partial charge in [0.2, 0.25) is 5.91 Å². The average molecular weight is 289 g/mol. The van der Waals surface area contributed by atoms with Crippen LogP contribution in [0.2, 0.25) is 0 Å². The van der Waals surface area contributed by atoms with E-state index in [1.54, 1.807) is 0 Å². The second-order valence-corrected chi connectivity index (χ2v) is 5.90. The SMILES string of the molecule is CC(CNC(=O)Cc1ccccc1CN)N1CCCCC1. The van der Waals surface area contributed by atoms with Gasteiger partial charge in [0.05, 0.1) is 6.42 Å². The van der Waals surface area contributed by atoms with Crippen molar-refractivity contribution in [3.63, 3.8) is 0 Å². The molecule has 1 aromatic carbocycles. The van der Waals surface area contributed by atoms with Gasteiger partial charge < -0.3 is 11.1 Å². The Morgan fingerprint density at radius 1 is 1.24 bits per heavy atom. The summed E-state index contributed by atoms with van der Waals surface area (Å²) in [6.45, 7) is 5.72. The van der Waals surface area contributed by atoms with E-state index in [0.717, 1.165) is 30.8 Å². The lowest BCUT2D eigenvalue weighted by atomic mass is 10.0. The van der Waals surface area contributed by atoms with Crippen molar-refractivity contribution in [1.82, 2.24) is 10.2 Å². The Hall–Kier alpha value is -1.39. The predicted molar refractivity (Wildman–Crippen MR) is 85.9 cm³/mol. The van der Waals surface area contributed by atoms with E-state index in [1.165, 1.54) is 19.3 Å². The Labute approximate surface area is 127 Å². The number of nitrogens with two attached hydrogens (primary N) is 1. The number of likely N-dealkylation sites (tertiary alicyclic amines) is 1. The van der Waals surface area contributed by atoms with E-state index in [9.17, 15) is 4.79 Å². The van der Waals surface area contributed by atoms with E-state index < -0.39 is 0 Å². The van der Waals surface area contributed by atoms with Crippen molar-refractivity contribution in [2.75, 3.05) is 19.6 Å². The van der Waals surface area contributed by atoms with E-state index in [2.05, 4.69) is 17.1 Å². The summed E-state index contributed by atoms with van der Waals surface area (Å²) in [5.74, 6) is 0.0831.